The van der Waals surface area contributed by atoms with Gasteiger partial charge in [0.1, 0.15) is 5.82 Å². The molecule has 0 aliphatic carbocycles. The maximum atomic E-state index is 13.8. The summed E-state index contributed by atoms with van der Waals surface area (Å²) in [4.78, 5) is 29.7. The minimum atomic E-state index is -0.859. The first kappa shape index (κ1) is 16.2. The van der Waals surface area contributed by atoms with Gasteiger partial charge in [-0.2, -0.15) is 0 Å². The molecule has 0 unspecified atom stereocenters. The zero-order chi connectivity index (χ0) is 17.1. The van der Waals surface area contributed by atoms with Crippen molar-refractivity contribution in [2.75, 3.05) is 18.0 Å². The zero-order valence-electron chi connectivity index (χ0n) is 13.1. The highest BCUT2D eigenvalue weighted by atomic mass is 19.1. The molecule has 1 aliphatic rings. The van der Waals surface area contributed by atoms with Gasteiger partial charge in [0, 0.05) is 31.0 Å². The molecular weight excluding hydrogens is 313 g/mol. The van der Waals surface area contributed by atoms with Gasteiger partial charge < -0.3 is 14.6 Å². The van der Waals surface area contributed by atoms with Crippen LogP contribution in [0.2, 0.25) is 0 Å². The topological polar surface area (TPSA) is 75.4 Å². The molecule has 24 heavy (non-hydrogen) atoms. The van der Waals surface area contributed by atoms with Crippen LogP contribution in [0.3, 0.4) is 0 Å². The minimum Gasteiger partial charge on any atom is -0.481 e. The number of hydrogen-bond acceptors (Lipinski definition) is 4. The molecule has 0 spiro atoms. The second-order valence-electron chi connectivity index (χ2n) is 5.90. The Morgan fingerprint density at radius 1 is 1.38 bits per heavy atom. The minimum absolute atomic E-state index is 0.108. The summed E-state index contributed by atoms with van der Waals surface area (Å²) in [5, 5.41) is 9.18. The molecule has 1 N–H and O–H groups in total. The molecule has 1 atom stereocenters. The summed E-state index contributed by atoms with van der Waals surface area (Å²) in [6.07, 6.45) is 4.29. The number of hydrogen-bond donors (Lipinski definition) is 1. The molecule has 126 valence electrons. The van der Waals surface area contributed by atoms with Crippen LogP contribution in [0.1, 0.15) is 18.4 Å². The van der Waals surface area contributed by atoms with Gasteiger partial charge in [-0.1, -0.05) is 18.2 Å². The van der Waals surface area contributed by atoms with Crippen molar-refractivity contribution in [1.29, 1.82) is 0 Å². The summed E-state index contributed by atoms with van der Waals surface area (Å²) in [7, 11) is 0. The van der Waals surface area contributed by atoms with E-state index in [-0.39, 0.29) is 30.3 Å². The van der Waals surface area contributed by atoms with Crippen molar-refractivity contribution >= 4 is 11.8 Å². The standard InChI is InChI=1S/C17H18FN3O3/c18-14-6-2-1-4-12(14)10-21-9-7-19-15(16(21)22)20-8-3-5-13(11-20)17(23)24/h1-2,4,6-7,9,13H,3,5,8,10-11H2,(H,23,24)/t13-/m0/s1. The highest BCUT2D eigenvalue weighted by molar-refractivity contribution is 5.71. The Bertz CT molecular complexity index is 806. The third kappa shape index (κ3) is 3.29. The first-order valence-electron chi connectivity index (χ1n) is 7.83. The third-order valence-corrected chi connectivity index (χ3v) is 4.26. The van der Waals surface area contributed by atoms with Gasteiger partial charge in [0.25, 0.3) is 5.56 Å². The number of nitrogens with zero attached hydrogens (tertiary/aromatic N) is 3. The van der Waals surface area contributed by atoms with Crippen molar-refractivity contribution < 1.29 is 14.3 Å². The molecule has 0 radical (unpaired) electrons. The third-order valence-electron chi connectivity index (χ3n) is 4.26. The second kappa shape index (κ2) is 6.82. The van der Waals surface area contributed by atoms with Gasteiger partial charge in [0.05, 0.1) is 12.5 Å². The summed E-state index contributed by atoms with van der Waals surface area (Å²) in [5.74, 6) is -1.51. The second-order valence-corrected chi connectivity index (χ2v) is 5.90. The quantitative estimate of drug-likeness (QED) is 0.923. The first-order valence-corrected chi connectivity index (χ1v) is 7.83. The van der Waals surface area contributed by atoms with Crippen LogP contribution in [0.4, 0.5) is 10.2 Å². The number of anilines is 1. The van der Waals surface area contributed by atoms with Crippen molar-refractivity contribution in [3.63, 3.8) is 0 Å². The molecule has 3 rings (SSSR count). The molecule has 2 aromatic rings. The molecule has 1 aromatic heterocycles. The van der Waals surface area contributed by atoms with E-state index >= 15 is 0 Å². The monoisotopic (exact) mass is 331 g/mol. The van der Waals surface area contributed by atoms with E-state index in [0.717, 1.165) is 0 Å². The number of rotatable bonds is 4. The van der Waals surface area contributed by atoms with Gasteiger partial charge in [-0.15, -0.1) is 0 Å². The highest BCUT2D eigenvalue weighted by Crippen LogP contribution is 2.19. The maximum absolute atomic E-state index is 13.8. The van der Waals surface area contributed by atoms with Gasteiger partial charge in [-0.05, 0) is 18.9 Å². The van der Waals surface area contributed by atoms with E-state index < -0.39 is 11.9 Å². The number of benzene rings is 1. The lowest BCUT2D eigenvalue weighted by Gasteiger charge is -2.31. The number of halogens is 1. The van der Waals surface area contributed by atoms with E-state index in [0.29, 0.717) is 24.9 Å². The van der Waals surface area contributed by atoms with E-state index in [4.69, 9.17) is 0 Å². The van der Waals surface area contributed by atoms with E-state index in [1.807, 2.05) is 0 Å². The average molecular weight is 331 g/mol. The van der Waals surface area contributed by atoms with E-state index in [9.17, 15) is 19.1 Å². The van der Waals surface area contributed by atoms with Crippen LogP contribution < -0.4 is 10.5 Å². The molecule has 0 bridgehead atoms. The normalized spacial score (nSPS) is 17.7. The van der Waals surface area contributed by atoms with Crippen LogP contribution in [-0.2, 0) is 11.3 Å². The SMILES string of the molecule is O=C(O)[C@H]1CCCN(c2nccn(Cc3ccccc3F)c2=O)C1. The number of aliphatic carboxylic acids is 1. The first-order chi connectivity index (χ1) is 11.6. The molecule has 7 heteroatoms. The number of aromatic nitrogens is 2. The molecule has 1 aliphatic heterocycles. The fourth-order valence-electron chi connectivity index (χ4n) is 2.96. The Morgan fingerprint density at radius 2 is 2.17 bits per heavy atom. The van der Waals surface area contributed by atoms with Gasteiger partial charge >= 0.3 is 5.97 Å². The Balaban J connectivity index is 1.87. The number of carboxylic acids is 1. The fourth-order valence-corrected chi connectivity index (χ4v) is 2.96. The van der Waals surface area contributed by atoms with Gasteiger partial charge in [0.15, 0.2) is 5.82 Å². The number of carbonyl (C=O) groups is 1. The van der Waals surface area contributed by atoms with E-state index in [2.05, 4.69) is 4.98 Å². The van der Waals surface area contributed by atoms with Crippen molar-refractivity contribution in [2.45, 2.75) is 19.4 Å². The Hall–Kier alpha value is -2.70. The van der Waals surface area contributed by atoms with Crippen LogP contribution in [0.5, 0.6) is 0 Å². The van der Waals surface area contributed by atoms with Gasteiger partial charge in [0.2, 0.25) is 0 Å². The molecule has 2 heterocycles. The average Bonchev–Trinajstić information content (AvgIpc) is 2.59. The van der Waals surface area contributed by atoms with Crippen LogP contribution in [0.15, 0.2) is 41.5 Å². The predicted octanol–water partition coefficient (Wildman–Crippen LogP) is 1.73. The molecule has 6 nitrogen and oxygen atoms in total. The fraction of sp³-hybridized carbons (Fsp3) is 0.353. The van der Waals surface area contributed by atoms with E-state index in [1.165, 1.54) is 23.0 Å². The van der Waals surface area contributed by atoms with E-state index in [1.54, 1.807) is 23.1 Å². The maximum Gasteiger partial charge on any atom is 0.308 e. The van der Waals surface area contributed by atoms with Crippen molar-refractivity contribution in [1.82, 2.24) is 9.55 Å². The van der Waals surface area contributed by atoms with Crippen LogP contribution in [0.25, 0.3) is 0 Å². The molecule has 0 amide bonds. The molecule has 0 saturated carbocycles. The van der Waals surface area contributed by atoms with Gasteiger partial charge in [-0.25, -0.2) is 9.37 Å². The van der Waals surface area contributed by atoms with Crippen molar-refractivity contribution in [3.05, 3.63) is 58.4 Å². The van der Waals surface area contributed by atoms with Crippen LogP contribution >= 0.6 is 0 Å². The van der Waals surface area contributed by atoms with Gasteiger partial charge in [-0.3, -0.25) is 9.59 Å². The molecule has 1 fully saturated rings. The zero-order valence-corrected chi connectivity index (χ0v) is 13.1. The Labute approximate surface area is 138 Å². The molecule has 1 aromatic carbocycles. The largest absolute Gasteiger partial charge is 0.481 e. The number of carboxylic acid groups (broad SMARTS) is 1. The van der Waals surface area contributed by atoms with Crippen molar-refractivity contribution in [3.8, 4) is 0 Å². The lowest BCUT2D eigenvalue weighted by molar-refractivity contribution is -0.141. The summed E-state index contributed by atoms with van der Waals surface area (Å²) >= 11 is 0. The molecular formula is C17H18FN3O3. The van der Waals surface area contributed by atoms with Crippen molar-refractivity contribution in [2.24, 2.45) is 5.92 Å². The predicted molar refractivity (Wildman–Crippen MR) is 86.6 cm³/mol. The Kier molecular flexibility index (Phi) is 4.59. The van der Waals surface area contributed by atoms with Crippen LogP contribution in [-0.4, -0.2) is 33.7 Å². The smallest absolute Gasteiger partial charge is 0.308 e. The van der Waals surface area contributed by atoms with Crippen LogP contribution in [0, 0.1) is 11.7 Å². The Morgan fingerprint density at radius 3 is 2.92 bits per heavy atom. The summed E-state index contributed by atoms with van der Waals surface area (Å²) in [6, 6.07) is 6.29. The summed E-state index contributed by atoms with van der Waals surface area (Å²) < 4.78 is 15.2. The number of piperidine rings is 1. The lowest BCUT2D eigenvalue weighted by Crippen LogP contribution is -2.42. The summed E-state index contributed by atoms with van der Waals surface area (Å²) in [5.41, 5.74) is 0.0746. The molecule has 1 saturated heterocycles. The highest BCUT2D eigenvalue weighted by Gasteiger charge is 2.27. The lowest BCUT2D eigenvalue weighted by atomic mass is 9.98. The summed E-state index contributed by atoms with van der Waals surface area (Å²) in [6.45, 7) is 0.967.